The number of hydrogen-bond acceptors (Lipinski definition) is 2. The molecule has 0 fully saturated rings. The second-order valence-electron chi connectivity index (χ2n) is 3.19. The summed E-state index contributed by atoms with van der Waals surface area (Å²) in [5, 5.41) is 0.665. The van der Waals surface area contributed by atoms with Crippen molar-refractivity contribution < 1.29 is 4.74 Å². The molecule has 13 heavy (non-hydrogen) atoms. The Labute approximate surface area is 84.1 Å². The quantitative estimate of drug-likeness (QED) is 0.726. The first-order valence-electron chi connectivity index (χ1n) is 4.07. The van der Waals surface area contributed by atoms with Gasteiger partial charge in [-0.3, -0.25) is 0 Å². The highest BCUT2D eigenvalue weighted by Crippen LogP contribution is 2.34. The van der Waals surface area contributed by atoms with Gasteiger partial charge in [0.05, 0.1) is 12.8 Å². The van der Waals surface area contributed by atoms with Crippen LogP contribution in [0.5, 0.6) is 5.75 Å². The summed E-state index contributed by atoms with van der Waals surface area (Å²) >= 11 is 6.11. The van der Waals surface area contributed by atoms with E-state index in [1.165, 1.54) is 0 Å². The van der Waals surface area contributed by atoms with Crippen LogP contribution in [0, 0.1) is 6.92 Å². The summed E-state index contributed by atoms with van der Waals surface area (Å²) in [6.07, 6.45) is 0. The third kappa shape index (κ3) is 2.07. The molecule has 0 aliphatic heterocycles. The van der Waals surface area contributed by atoms with E-state index in [4.69, 9.17) is 16.3 Å². The van der Waals surface area contributed by atoms with Crippen LogP contribution < -0.4 is 9.64 Å². The molecule has 0 saturated carbocycles. The zero-order valence-electron chi connectivity index (χ0n) is 8.39. The number of benzene rings is 1. The number of halogens is 1. The molecule has 1 rings (SSSR count). The monoisotopic (exact) mass is 199 g/mol. The number of anilines is 1. The Kier molecular flexibility index (Phi) is 3.04. The number of aryl methyl sites for hydroxylation is 1. The van der Waals surface area contributed by atoms with Crippen LogP contribution in [0.1, 0.15) is 5.56 Å². The van der Waals surface area contributed by atoms with Gasteiger partial charge >= 0.3 is 0 Å². The van der Waals surface area contributed by atoms with Crippen molar-refractivity contribution in [1.82, 2.24) is 0 Å². The molecule has 0 aromatic heterocycles. The van der Waals surface area contributed by atoms with Crippen molar-refractivity contribution in [3.05, 3.63) is 22.7 Å². The summed E-state index contributed by atoms with van der Waals surface area (Å²) in [6.45, 7) is 2.02. The van der Waals surface area contributed by atoms with Gasteiger partial charge < -0.3 is 9.64 Å². The average molecular weight is 200 g/mol. The maximum atomic E-state index is 6.11. The predicted octanol–water partition coefficient (Wildman–Crippen LogP) is 2.72. The summed E-state index contributed by atoms with van der Waals surface area (Å²) in [5.74, 6) is 0.727. The number of nitrogens with zero attached hydrogens (tertiary/aromatic N) is 1. The van der Waals surface area contributed by atoms with Crippen LogP contribution in [0.4, 0.5) is 5.69 Å². The Balaban J connectivity index is 3.27. The summed E-state index contributed by atoms with van der Waals surface area (Å²) < 4.78 is 5.16. The van der Waals surface area contributed by atoms with Gasteiger partial charge in [0.15, 0.2) is 0 Å². The van der Waals surface area contributed by atoms with Crippen molar-refractivity contribution in [3.63, 3.8) is 0 Å². The van der Waals surface area contributed by atoms with Crippen LogP contribution >= 0.6 is 11.6 Å². The van der Waals surface area contributed by atoms with Gasteiger partial charge in [0.1, 0.15) is 10.8 Å². The number of methoxy groups -OCH3 is 1. The molecule has 0 aliphatic rings. The van der Waals surface area contributed by atoms with E-state index in [0.29, 0.717) is 5.02 Å². The molecule has 2 nitrogen and oxygen atoms in total. The van der Waals surface area contributed by atoms with Crippen molar-refractivity contribution in [1.29, 1.82) is 0 Å². The fourth-order valence-corrected chi connectivity index (χ4v) is 1.55. The Hall–Kier alpha value is -0.890. The van der Waals surface area contributed by atoms with Gasteiger partial charge in [-0.1, -0.05) is 11.6 Å². The van der Waals surface area contributed by atoms with Crippen LogP contribution in [0.15, 0.2) is 12.1 Å². The molecule has 0 unspecified atom stereocenters. The Morgan fingerprint density at radius 2 is 1.92 bits per heavy atom. The Morgan fingerprint density at radius 3 is 2.38 bits per heavy atom. The molecule has 0 aliphatic carbocycles. The van der Waals surface area contributed by atoms with E-state index in [1.54, 1.807) is 7.11 Å². The molecule has 1 aromatic rings. The molecule has 72 valence electrons. The van der Waals surface area contributed by atoms with Crippen LogP contribution in [0.2, 0.25) is 5.02 Å². The third-order valence-corrected chi connectivity index (χ3v) is 2.25. The summed E-state index contributed by atoms with van der Waals surface area (Å²) in [7, 11) is 5.54. The highest BCUT2D eigenvalue weighted by Gasteiger charge is 2.09. The minimum atomic E-state index is 0.665. The maximum Gasteiger partial charge on any atom is 0.139 e. The second kappa shape index (κ2) is 3.88. The first-order valence-corrected chi connectivity index (χ1v) is 4.45. The van der Waals surface area contributed by atoms with Gasteiger partial charge in [0.2, 0.25) is 0 Å². The minimum absolute atomic E-state index is 0.665. The van der Waals surface area contributed by atoms with E-state index < -0.39 is 0 Å². The van der Waals surface area contributed by atoms with Crippen molar-refractivity contribution in [3.8, 4) is 5.75 Å². The molecular formula is C10H14ClNO. The predicted molar refractivity (Wildman–Crippen MR) is 57.1 cm³/mol. The normalized spacial score (nSPS) is 9.92. The largest absolute Gasteiger partial charge is 0.495 e. The van der Waals surface area contributed by atoms with Crippen LogP contribution in [-0.4, -0.2) is 21.2 Å². The van der Waals surface area contributed by atoms with Crippen molar-refractivity contribution >= 4 is 17.3 Å². The summed E-state index contributed by atoms with van der Waals surface area (Å²) in [5.41, 5.74) is 2.13. The van der Waals surface area contributed by atoms with Gasteiger partial charge in [-0.05, 0) is 24.6 Å². The highest BCUT2D eigenvalue weighted by molar-refractivity contribution is 6.34. The molecule has 1 aromatic carbocycles. The molecular weight excluding hydrogens is 186 g/mol. The SMILES string of the molecule is COc1cc(C)cc(N(C)C)c1Cl. The van der Waals surface area contributed by atoms with Crippen molar-refractivity contribution in [2.75, 3.05) is 26.1 Å². The van der Waals surface area contributed by atoms with Crippen molar-refractivity contribution in [2.45, 2.75) is 6.92 Å². The second-order valence-corrected chi connectivity index (χ2v) is 3.57. The van der Waals surface area contributed by atoms with Gasteiger partial charge in [-0.15, -0.1) is 0 Å². The number of hydrogen-bond donors (Lipinski definition) is 0. The smallest absolute Gasteiger partial charge is 0.139 e. The molecule has 0 N–H and O–H groups in total. The molecule has 0 amide bonds. The number of rotatable bonds is 2. The first kappa shape index (κ1) is 10.2. The number of ether oxygens (including phenoxy) is 1. The third-order valence-electron chi connectivity index (χ3n) is 1.87. The average Bonchev–Trinajstić information content (AvgIpc) is 2.08. The Morgan fingerprint density at radius 1 is 1.31 bits per heavy atom. The Bertz CT molecular complexity index is 310. The van der Waals surface area contributed by atoms with Crippen molar-refractivity contribution in [2.24, 2.45) is 0 Å². The van der Waals surface area contributed by atoms with Crippen LogP contribution in [-0.2, 0) is 0 Å². The molecule has 0 bridgehead atoms. The van der Waals surface area contributed by atoms with E-state index in [0.717, 1.165) is 17.0 Å². The fourth-order valence-electron chi connectivity index (χ4n) is 1.19. The lowest BCUT2D eigenvalue weighted by molar-refractivity contribution is 0.415. The van der Waals surface area contributed by atoms with E-state index in [2.05, 4.69) is 0 Å². The van der Waals surface area contributed by atoms with Gasteiger partial charge in [-0.2, -0.15) is 0 Å². The molecule has 0 spiro atoms. The highest BCUT2D eigenvalue weighted by atomic mass is 35.5. The standard InChI is InChI=1S/C10H14ClNO/c1-7-5-8(12(2)3)10(11)9(6-7)13-4/h5-6H,1-4H3. The van der Waals surface area contributed by atoms with E-state index in [-0.39, 0.29) is 0 Å². The topological polar surface area (TPSA) is 12.5 Å². The molecule has 0 radical (unpaired) electrons. The van der Waals surface area contributed by atoms with E-state index in [1.807, 2.05) is 38.1 Å². The van der Waals surface area contributed by atoms with Gasteiger partial charge in [0.25, 0.3) is 0 Å². The van der Waals surface area contributed by atoms with Crippen LogP contribution in [0.25, 0.3) is 0 Å². The van der Waals surface area contributed by atoms with Gasteiger partial charge in [-0.25, -0.2) is 0 Å². The lowest BCUT2D eigenvalue weighted by Crippen LogP contribution is -2.09. The minimum Gasteiger partial charge on any atom is -0.495 e. The first-order chi connectivity index (χ1) is 6.06. The zero-order valence-corrected chi connectivity index (χ0v) is 9.14. The maximum absolute atomic E-state index is 6.11. The van der Waals surface area contributed by atoms with E-state index >= 15 is 0 Å². The molecule has 0 saturated heterocycles. The molecule has 0 heterocycles. The van der Waals surface area contributed by atoms with Gasteiger partial charge in [0, 0.05) is 14.1 Å². The molecule has 3 heteroatoms. The lowest BCUT2D eigenvalue weighted by atomic mass is 10.2. The fraction of sp³-hybridized carbons (Fsp3) is 0.400. The molecule has 0 atom stereocenters. The van der Waals surface area contributed by atoms with Crippen LogP contribution in [0.3, 0.4) is 0 Å². The summed E-state index contributed by atoms with van der Waals surface area (Å²) in [4.78, 5) is 1.97. The lowest BCUT2D eigenvalue weighted by Gasteiger charge is -2.17. The van der Waals surface area contributed by atoms with E-state index in [9.17, 15) is 0 Å². The summed E-state index contributed by atoms with van der Waals surface area (Å²) in [6, 6.07) is 3.96. The zero-order chi connectivity index (χ0) is 10.0.